The number of rotatable bonds is 3. The molecule has 2 aliphatic rings. The fourth-order valence-electron chi connectivity index (χ4n) is 5.03. The molecule has 0 radical (unpaired) electrons. The Balaban J connectivity index is 1.71. The number of carbonyl (C=O) groups is 2. The summed E-state index contributed by atoms with van der Waals surface area (Å²) < 4.78 is 21.0. The van der Waals surface area contributed by atoms with Gasteiger partial charge in [-0.3, -0.25) is 9.69 Å². The molecule has 1 aromatic heterocycles. The molecule has 1 fully saturated rings. The maximum atomic E-state index is 13.9. The van der Waals surface area contributed by atoms with Crippen LogP contribution in [0, 0.1) is 5.82 Å². The van der Waals surface area contributed by atoms with Crippen molar-refractivity contribution < 1.29 is 18.7 Å². The second kappa shape index (κ2) is 11.3. The van der Waals surface area contributed by atoms with Crippen molar-refractivity contribution in [2.45, 2.75) is 52.2 Å². The summed E-state index contributed by atoms with van der Waals surface area (Å²) in [7, 11) is 0. The second-order valence-electron chi connectivity index (χ2n) is 11.1. The summed E-state index contributed by atoms with van der Waals surface area (Å²) in [5, 5.41) is 5.66. The molecular formula is C30H31Cl2FN4O3. The Morgan fingerprint density at radius 2 is 1.68 bits per heavy atom. The number of ether oxygens (including phenoxy) is 1. The highest BCUT2D eigenvalue weighted by Gasteiger charge is 2.36. The molecule has 0 unspecified atom stereocenters. The van der Waals surface area contributed by atoms with Crippen LogP contribution in [0.25, 0.3) is 17.3 Å². The predicted octanol–water partition coefficient (Wildman–Crippen LogP) is 7.24. The minimum Gasteiger partial charge on any atom is -0.444 e. The molecule has 7 nitrogen and oxygen atoms in total. The predicted molar refractivity (Wildman–Crippen MR) is 154 cm³/mol. The van der Waals surface area contributed by atoms with E-state index in [9.17, 15) is 14.0 Å². The molecule has 1 saturated heterocycles. The third kappa shape index (κ3) is 6.03. The Morgan fingerprint density at radius 3 is 2.33 bits per heavy atom. The van der Waals surface area contributed by atoms with Crippen LogP contribution in [-0.4, -0.2) is 56.8 Å². The van der Waals surface area contributed by atoms with Gasteiger partial charge in [0, 0.05) is 23.7 Å². The largest absolute Gasteiger partial charge is 0.444 e. The smallest absolute Gasteiger partial charge is 0.410 e. The third-order valence-electron chi connectivity index (χ3n) is 6.84. The van der Waals surface area contributed by atoms with Crippen LogP contribution in [0.3, 0.4) is 0 Å². The summed E-state index contributed by atoms with van der Waals surface area (Å²) >= 11 is 12.8. The highest BCUT2D eigenvalue weighted by atomic mass is 35.5. The Bertz CT molecular complexity index is 1470. The SMILES string of the molecule is CC(C)(C)OC(=O)N1C/C(=C\c2ccc(F)cc2)c2c(c(C(=O)N3CCCCC3)nn2-c2ccc(Cl)cc2Cl)C1. The summed E-state index contributed by atoms with van der Waals surface area (Å²) in [6, 6.07) is 11.2. The summed E-state index contributed by atoms with van der Waals surface area (Å²) in [6.07, 6.45) is 4.30. The number of benzene rings is 2. The molecule has 0 atom stereocenters. The standard InChI is InChI=1S/C30H31Cl2FN4O3/c1-30(2,3)40-29(39)36-17-20(15-19-7-10-22(33)11-8-19)27-23(18-36)26(28(38)35-13-5-4-6-14-35)34-37(27)25-12-9-21(31)16-24(25)32/h7-12,15-16H,4-6,13-14,17-18H2,1-3H3/b20-15+. The van der Waals surface area contributed by atoms with E-state index < -0.39 is 11.7 Å². The number of nitrogens with zero attached hydrogens (tertiary/aromatic N) is 4. The van der Waals surface area contributed by atoms with E-state index in [0.29, 0.717) is 45.7 Å². The molecule has 0 bridgehead atoms. The minimum absolute atomic E-state index is 0.130. The van der Waals surface area contributed by atoms with Gasteiger partial charge < -0.3 is 9.64 Å². The molecule has 0 saturated carbocycles. The van der Waals surface area contributed by atoms with Gasteiger partial charge in [0.25, 0.3) is 5.91 Å². The Kier molecular flexibility index (Phi) is 7.93. The van der Waals surface area contributed by atoms with Crippen LogP contribution in [0.1, 0.15) is 67.3 Å². The highest BCUT2D eigenvalue weighted by Crippen LogP contribution is 2.37. The molecule has 0 aliphatic carbocycles. The van der Waals surface area contributed by atoms with Gasteiger partial charge in [0.05, 0.1) is 29.5 Å². The van der Waals surface area contributed by atoms with Crippen LogP contribution in [-0.2, 0) is 11.3 Å². The lowest BCUT2D eigenvalue weighted by Gasteiger charge is -2.32. The maximum absolute atomic E-state index is 13.9. The lowest BCUT2D eigenvalue weighted by Crippen LogP contribution is -2.41. The first kappa shape index (κ1) is 28.2. The van der Waals surface area contributed by atoms with Gasteiger partial charge in [0.2, 0.25) is 0 Å². The second-order valence-corrected chi connectivity index (χ2v) is 11.9. The van der Waals surface area contributed by atoms with Gasteiger partial charge in [0.1, 0.15) is 11.4 Å². The molecule has 2 aliphatic heterocycles. The molecule has 2 amide bonds. The minimum atomic E-state index is -0.703. The molecule has 2 aromatic carbocycles. The average Bonchev–Trinajstić information content (AvgIpc) is 3.28. The molecule has 3 aromatic rings. The van der Waals surface area contributed by atoms with E-state index in [4.69, 9.17) is 33.0 Å². The van der Waals surface area contributed by atoms with E-state index in [1.165, 1.54) is 12.1 Å². The first-order valence-electron chi connectivity index (χ1n) is 13.3. The van der Waals surface area contributed by atoms with Gasteiger partial charge >= 0.3 is 6.09 Å². The van der Waals surface area contributed by atoms with Crippen molar-refractivity contribution in [3.63, 3.8) is 0 Å². The first-order chi connectivity index (χ1) is 19.0. The van der Waals surface area contributed by atoms with Crippen molar-refractivity contribution >= 4 is 46.9 Å². The Hall–Kier alpha value is -3.36. The van der Waals surface area contributed by atoms with Gasteiger partial charge in [-0.15, -0.1) is 0 Å². The van der Waals surface area contributed by atoms with Gasteiger partial charge in [0.15, 0.2) is 5.69 Å². The van der Waals surface area contributed by atoms with Crippen molar-refractivity contribution in [1.29, 1.82) is 0 Å². The normalized spacial score (nSPS) is 16.7. The van der Waals surface area contributed by atoms with E-state index >= 15 is 0 Å². The van der Waals surface area contributed by atoms with Crippen LogP contribution in [0.2, 0.25) is 10.0 Å². The van der Waals surface area contributed by atoms with E-state index in [-0.39, 0.29) is 30.5 Å². The number of amides is 2. The van der Waals surface area contributed by atoms with Crippen molar-refractivity contribution in [1.82, 2.24) is 19.6 Å². The van der Waals surface area contributed by atoms with Crippen molar-refractivity contribution in [2.24, 2.45) is 0 Å². The van der Waals surface area contributed by atoms with Crippen molar-refractivity contribution in [2.75, 3.05) is 19.6 Å². The van der Waals surface area contributed by atoms with E-state index in [2.05, 4.69) is 0 Å². The number of halogens is 3. The Morgan fingerprint density at radius 1 is 0.975 bits per heavy atom. The molecule has 0 spiro atoms. The molecule has 0 N–H and O–H groups in total. The zero-order valence-corrected chi connectivity index (χ0v) is 24.2. The number of hydrogen-bond acceptors (Lipinski definition) is 4. The zero-order valence-electron chi connectivity index (χ0n) is 22.7. The number of hydrogen-bond donors (Lipinski definition) is 0. The monoisotopic (exact) mass is 584 g/mol. The van der Waals surface area contributed by atoms with Crippen molar-refractivity contribution in [3.05, 3.63) is 80.8 Å². The van der Waals surface area contributed by atoms with Crippen LogP contribution in [0.4, 0.5) is 9.18 Å². The van der Waals surface area contributed by atoms with E-state index in [1.54, 1.807) is 60.7 Å². The lowest BCUT2D eigenvalue weighted by atomic mass is 9.97. The molecular weight excluding hydrogens is 554 g/mol. The van der Waals surface area contributed by atoms with Gasteiger partial charge in [-0.1, -0.05) is 35.3 Å². The van der Waals surface area contributed by atoms with Crippen molar-refractivity contribution in [3.8, 4) is 5.69 Å². The first-order valence-corrected chi connectivity index (χ1v) is 14.1. The molecule has 40 heavy (non-hydrogen) atoms. The summed E-state index contributed by atoms with van der Waals surface area (Å²) in [5.41, 5.74) is 2.81. The average molecular weight is 586 g/mol. The molecule has 3 heterocycles. The van der Waals surface area contributed by atoms with Crippen LogP contribution in [0.5, 0.6) is 0 Å². The quantitative estimate of drug-likeness (QED) is 0.325. The number of fused-ring (bicyclic) bond motifs is 1. The topological polar surface area (TPSA) is 67.7 Å². The van der Waals surface area contributed by atoms with Crippen LogP contribution < -0.4 is 0 Å². The fraction of sp³-hybridized carbons (Fsp3) is 0.367. The van der Waals surface area contributed by atoms with Crippen LogP contribution >= 0.6 is 23.2 Å². The Labute approximate surface area is 243 Å². The van der Waals surface area contributed by atoms with E-state index in [1.807, 2.05) is 11.0 Å². The summed E-state index contributed by atoms with van der Waals surface area (Å²) in [6.45, 7) is 7.04. The molecule has 5 rings (SSSR count). The summed E-state index contributed by atoms with van der Waals surface area (Å²) in [5.74, 6) is -0.541. The highest BCUT2D eigenvalue weighted by molar-refractivity contribution is 6.35. The number of likely N-dealkylation sites (tertiary alicyclic amines) is 1. The third-order valence-corrected chi connectivity index (χ3v) is 7.38. The van der Waals surface area contributed by atoms with E-state index in [0.717, 1.165) is 24.8 Å². The molecule has 10 heteroatoms. The number of aromatic nitrogens is 2. The number of piperidine rings is 1. The number of carbonyl (C=O) groups excluding carboxylic acids is 2. The molecule has 210 valence electrons. The van der Waals surface area contributed by atoms with Crippen LogP contribution in [0.15, 0.2) is 42.5 Å². The van der Waals surface area contributed by atoms with Gasteiger partial charge in [-0.05, 0) is 87.6 Å². The zero-order chi connectivity index (χ0) is 28.6. The summed E-state index contributed by atoms with van der Waals surface area (Å²) in [4.78, 5) is 30.5. The van der Waals surface area contributed by atoms with Gasteiger partial charge in [-0.2, -0.15) is 5.10 Å². The maximum Gasteiger partial charge on any atom is 0.410 e. The van der Waals surface area contributed by atoms with Gasteiger partial charge in [-0.25, -0.2) is 13.9 Å². The fourth-order valence-corrected chi connectivity index (χ4v) is 5.52. The lowest BCUT2D eigenvalue weighted by molar-refractivity contribution is 0.0253.